The number of para-hydroxylation sites is 1. The molecule has 0 bridgehead atoms. The molecule has 0 spiro atoms. The molecule has 5 nitrogen and oxygen atoms in total. The van der Waals surface area contributed by atoms with Crippen molar-refractivity contribution in [2.24, 2.45) is 0 Å². The fourth-order valence-electron chi connectivity index (χ4n) is 3.17. The molecule has 6 heteroatoms. The Morgan fingerprint density at radius 2 is 1.97 bits per heavy atom. The lowest BCUT2D eigenvalue weighted by atomic mass is 10.1. The van der Waals surface area contributed by atoms with Gasteiger partial charge in [0, 0.05) is 19.2 Å². The van der Waals surface area contributed by atoms with E-state index in [9.17, 15) is 9.18 Å². The molecular formula is C23H26FN3O2. The van der Waals surface area contributed by atoms with Gasteiger partial charge in [0.25, 0.3) is 0 Å². The van der Waals surface area contributed by atoms with Crippen molar-refractivity contribution < 1.29 is 13.9 Å². The molecule has 152 valence electrons. The number of nitrogens with zero attached hydrogens (tertiary/aromatic N) is 2. The number of aryl methyl sites for hydroxylation is 3. The number of rotatable bonds is 9. The Kier molecular flexibility index (Phi) is 7.00. The summed E-state index contributed by atoms with van der Waals surface area (Å²) in [7, 11) is 1.43. The minimum atomic E-state index is -0.406. The van der Waals surface area contributed by atoms with Crippen molar-refractivity contribution in [3.8, 4) is 11.4 Å². The largest absolute Gasteiger partial charge is 0.494 e. The minimum absolute atomic E-state index is 0.0297. The minimum Gasteiger partial charge on any atom is -0.494 e. The van der Waals surface area contributed by atoms with E-state index in [2.05, 4.69) is 10.4 Å². The summed E-state index contributed by atoms with van der Waals surface area (Å²) in [6.07, 6.45) is 4.56. The second kappa shape index (κ2) is 9.87. The van der Waals surface area contributed by atoms with Crippen LogP contribution in [0, 0.1) is 12.7 Å². The molecular weight excluding hydrogens is 369 g/mol. The standard InChI is InChI=1S/C23H26FN3O2/c1-17-19(16-27(26-17)20-8-4-3-5-9-20)7-6-14-25-23(28)13-11-18-10-12-22(29-2)21(24)15-18/h3-5,8-10,12,15-16H,6-7,11,13-14H2,1-2H3,(H,25,28). The van der Waals surface area contributed by atoms with Crippen molar-refractivity contribution in [1.82, 2.24) is 15.1 Å². The van der Waals surface area contributed by atoms with Crippen LogP contribution in [0.15, 0.2) is 54.7 Å². The molecule has 0 saturated carbocycles. The molecule has 0 unspecified atom stereocenters. The molecule has 1 aromatic heterocycles. The zero-order valence-electron chi connectivity index (χ0n) is 16.8. The molecule has 1 N–H and O–H groups in total. The van der Waals surface area contributed by atoms with Gasteiger partial charge in [0.2, 0.25) is 5.91 Å². The van der Waals surface area contributed by atoms with Crippen molar-refractivity contribution in [2.75, 3.05) is 13.7 Å². The van der Waals surface area contributed by atoms with Gasteiger partial charge in [-0.1, -0.05) is 24.3 Å². The lowest BCUT2D eigenvalue weighted by molar-refractivity contribution is -0.121. The van der Waals surface area contributed by atoms with Crippen LogP contribution in [-0.4, -0.2) is 29.3 Å². The van der Waals surface area contributed by atoms with Crippen molar-refractivity contribution in [3.63, 3.8) is 0 Å². The molecule has 3 aromatic rings. The molecule has 0 saturated heterocycles. The number of hydrogen-bond acceptors (Lipinski definition) is 3. The highest BCUT2D eigenvalue weighted by molar-refractivity contribution is 5.76. The number of aromatic nitrogens is 2. The smallest absolute Gasteiger partial charge is 0.220 e. The first-order valence-electron chi connectivity index (χ1n) is 9.76. The zero-order valence-corrected chi connectivity index (χ0v) is 16.8. The van der Waals surface area contributed by atoms with E-state index in [4.69, 9.17) is 4.74 Å². The summed E-state index contributed by atoms with van der Waals surface area (Å²) in [5, 5.41) is 7.50. The lowest BCUT2D eigenvalue weighted by Gasteiger charge is -2.07. The average molecular weight is 395 g/mol. The Bertz CT molecular complexity index is 954. The average Bonchev–Trinajstić information content (AvgIpc) is 3.11. The van der Waals surface area contributed by atoms with Crippen molar-refractivity contribution in [2.45, 2.75) is 32.6 Å². The van der Waals surface area contributed by atoms with Crippen LogP contribution in [-0.2, 0) is 17.6 Å². The maximum Gasteiger partial charge on any atom is 0.220 e. The van der Waals surface area contributed by atoms with Gasteiger partial charge in [-0.15, -0.1) is 0 Å². The second-order valence-corrected chi connectivity index (χ2v) is 6.94. The summed E-state index contributed by atoms with van der Waals surface area (Å²) in [5.41, 5.74) is 3.99. The van der Waals surface area contributed by atoms with Crippen LogP contribution < -0.4 is 10.1 Å². The highest BCUT2D eigenvalue weighted by atomic mass is 19.1. The molecule has 1 heterocycles. The predicted octanol–water partition coefficient (Wildman–Crippen LogP) is 4.01. The van der Waals surface area contributed by atoms with Crippen LogP contribution in [0.1, 0.15) is 29.7 Å². The molecule has 0 radical (unpaired) electrons. The summed E-state index contributed by atoms with van der Waals surface area (Å²) >= 11 is 0. The first kappa shape index (κ1) is 20.6. The number of nitrogens with one attached hydrogen (secondary N) is 1. The number of ether oxygens (including phenoxy) is 1. The van der Waals surface area contributed by atoms with Crippen molar-refractivity contribution >= 4 is 5.91 Å². The monoisotopic (exact) mass is 395 g/mol. The molecule has 0 fully saturated rings. The first-order chi connectivity index (χ1) is 14.1. The first-order valence-corrected chi connectivity index (χ1v) is 9.76. The highest BCUT2D eigenvalue weighted by Crippen LogP contribution is 2.18. The number of halogens is 1. The molecule has 3 rings (SSSR count). The Hall–Kier alpha value is -3.15. The Morgan fingerprint density at radius 1 is 1.17 bits per heavy atom. The fraction of sp³-hybridized carbons (Fsp3) is 0.304. The van der Waals surface area contributed by atoms with Crippen molar-refractivity contribution in [1.29, 1.82) is 0 Å². The summed E-state index contributed by atoms with van der Waals surface area (Å²) in [6, 6.07) is 14.8. The van der Waals surface area contributed by atoms with E-state index >= 15 is 0 Å². The quantitative estimate of drug-likeness (QED) is 0.557. The van der Waals surface area contributed by atoms with E-state index in [1.165, 1.54) is 18.7 Å². The molecule has 0 aliphatic heterocycles. The van der Waals surface area contributed by atoms with E-state index in [0.717, 1.165) is 29.8 Å². The SMILES string of the molecule is COc1ccc(CCC(=O)NCCCc2cn(-c3ccccc3)nc2C)cc1F. The lowest BCUT2D eigenvalue weighted by Crippen LogP contribution is -2.25. The molecule has 0 aliphatic rings. The third kappa shape index (κ3) is 5.67. The zero-order chi connectivity index (χ0) is 20.6. The van der Waals surface area contributed by atoms with Crippen LogP contribution in [0.25, 0.3) is 5.69 Å². The second-order valence-electron chi connectivity index (χ2n) is 6.94. The van der Waals surface area contributed by atoms with Gasteiger partial charge >= 0.3 is 0 Å². The topological polar surface area (TPSA) is 56.1 Å². The summed E-state index contributed by atoms with van der Waals surface area (Å²) in [5.74, 6) is -0.223. The van der Waals surface area contributed by atoms with E-state index in [1.54, 1.807) is 12.1 Å². The maximum absolute atomic E-state index is 13.7. The predicted molar refractivity (Wildman–Crippen MR) is 111 cm³/mol. The third-order valence-electron chi connectivity index (χ3n) is 4.82. The van der Waals surface area contributed by atoms with Gasteiger partial charge in [-0.25, -0.2) is 9.07 Å². The van der Waals surface area contributed by atoms with Crippen LogP contribution in [0.2, 0.25) is 0 Å². The third-order valence-corrected chi connectivity index (χ3v) is 4.82. The Morgan fingerprint density at radius 3 is 2.69 bits per heavy atom. The molecule has 0 atom stereocenters. The Labute approximate surface area is 170 Å². The van der Waals surface area contributed by atoms with Crippen LogP contribution >= 0.6 is 0 Å². The van der Waals surface area contributed by atoms with E-state index in [1.807, 2.05) is 48.1 Å². The van der Waals surface area contributed by atoms with Gasteiger partial charge in [-0.3, -0.25) is 4.79 Å². The normalized spacial score (nSPS) is 10.7. The van der Waals surface area contributed by atoms with Crippen LogP contribution in [0.4, 0.5) is 4.39 Å². The van der Waals surface area contributed by atoms with Gasteiger partial charge in [0.15, 0.2) is 11.6 Å². The van der Waals surface area contributed by atoms with Crippen LogP contribution in [0.5, 0.6) is 5.75 Å². The Balaban J connectivity index is 1.41. The molecule has 2 aromatic carbocycles. The molecule has 1 amide bonds. The summed E-state index contributed by atoms with van der Waals surface area (Å²) in [4.78, 5) is 12.0. The van der Waals surface area contributed by atoms with Gasteiger partial charge < -0.3 is 10.1 Å². The number of benzene rings is 2. The van der Waals surface area contributed by atoms with E-state index in [0.29, 0.717) is 19.4 Å². The van der Waals surface area contributed by atoms with Gasteiger partial charge in [0.05, 0.1) is 18.5 Å². The van der Waals surface area contributed by atoms with E-state index in [-0.39, 0.29) is 11.7 Å². The van der Waals surface area contributed by atoms with E-state index < -0.39 is 5.82 Å². The van der Waals surface area contributed by atoms with Crippen LogP contribution in [0.3, 0.4) is 0 Å². The molecule has 0 aliphatic carbocycles. The summed E-state index contributed by atoms with van der Waals surface area (Å²) in [6.45, 7) is 2.60. The molecule has 29 heavy (non-hydrogen) atoms. The highest BCUT2D eigenvalue weighted by Gasteiger charge is 2.08. The van der Waals surface area contributed by atoms with Crippen molar-refractivity contribution in [3.05, 3.63) is 77.4 Å². The number of hydrogen-bond donors (Lipinski definition) is 1. The van der Waals surface area contributed by atoms with Gasteiger partial charge in [0.1, 0.15) is 0 Å². The van der Waals surface area contributed by atoms with Gasteiger partial charge in [-0.2, -0.15) is 5.10 Å². The number of carbonyl (C=O) groups excluding carboxylic acids is 1. The van der Waals surface area contributed by atoms with Gasteiger partial charge in [-0.05, 0) is 61.6 Å². The maximum atomic E-state index is 13.7. The number of methoxy groups -OCH3 is 1. The number of carbonyl (C=O) groups is 1. The number of amides is 1. The summed E-state index contributed by atoms with van der Waals surface area (Å²) < 4.78 is 20.5. The fourth-order valence-corrected chi connectivity index (χ4v) is 3.17.